The number of hydrogen-bond acceptors (Lipinski definition) is 6. The van der Waals surface area contributed by atoms with Crippen LogP contribution in [0.1, 0.15) is 0 Å². The van der Waals surface area contributed by atoms with Gasteiger partial charge in [-0.2, -0.15) is 26.3 Å². The number of thioether (sulfide) groups is 2. The van der Waals surface area contributed by atoms with Crippen molar-refractivity contribution in [3.05, 3.63) is 69.2 Å². The number of ketones is 2. The maximum atomic E-state index is 12.1. The van der Waals surface area contributed by atoms with Crippen LogP contribution in [0.15, 0.2) is 68.4 Å². The van der Waals surface area contributed by atoms with Gasteiger partial charge in [0.1, 0.15) is 11.5 Å². The molecule has 0 atom stereocenters. The Labute approximate surface area is 225 Å². The van der Waals surface area contributed by atoms with Crippen molar-refractivity contribution in [3.63, 3.8) is 0 Å². The molecule has 6 nitrogen and oxygen atoms in total. The fourth-order valence-electron chi connectivity index (χ4n) is 2.72. The first-order valence-electron chi connectivity index (χ1n) is 9.62. The minimum Gasteiger partial charge on any atom is -0.648 e. The number of ether oxygens (including phenoxy) is 2. The maximum absolute atomic E-state index is 12.1. The zero-order valence-electron chi connectivity index (χ0n) is 18.6. The van der Waals surface area contributed by atoms with Gasteiger partial charge in [-0.25, -0.2) is 0 Å². The second-order valence-electron chi connectivity index (χ2n) is 6.73. The van der Waals surface area contributed by atoms with Crippen LogP contribution >= 0.6 is 23.5 Å². The van der Waals surface area contributed by atoms with E-state index in [2.05, 4.69) is 10.6 Å². The fraction of sp³-hybridized carbons (Fsp3) is 0.182. The summed E-state index contributed by atoms with van der Waals surface area (Å²) >= 11 is 2.01. The summed E-state index contributed by atoms with van der Waals surface area (Å²) in [6.45, 7) is 0. The molecule has 0 aromatic heterocycles. The molecule has 0 unspecified atom stereocenters. The van der Waals surface area contributed by atoms with Crippen molar-refractivity contribution < 1.29 is 62.2 Å². The minimum atomic E-state index is -4.87. The maximum Gasteiger partial charge on any atom is 2.00 e. The molecule has 1 radical (unpaired) electrons. The first-order chi connectivity index (χ1) is 16.8. The van der Waals surface area contributed by atoms with Crippen LogP contribution < -0.4 is 9.47 Å². The van der Waals surface area contributed by atoms with E-state index in [9.17, 15) is 35.9 Å². The van der Waals surface area contributed by atoms with Crippen LogP contribution in [-0.2, 0) is 26.4 Å². The third-order valence-electron chi connectivity index (χ3n) is 4.30. The smallest absolute Gasteiger partial charge is 0.648 e. The van der Waals surface area contributed by atoms with Gasteiger partial charge < -0.3 is 20.1 Å². The molecule has 15 heteroatoms. The topological polar surface area (TPSA) is 80.8 Å². The number of allylic oxidation sites excluding steroid dienone is 2. The Bertz CT molecular complexity index is 1150. The van der Waals surface area contributed by atoms with Crippen LogP contribution in [-0.4, -0.2) is 38.1 Å². The molecule has 2 aromatic rings. The quantitative estimate of drug-likeness (QED) is 0.264. The Morgan fingerprint density at radius 3 is 1.38 bits per heavy atom. The van der Waals surface area contributed by atoms with Crippen LogP contribution in [0.3, 0.4) is 0 Å². The average Bonchev–Trinajstić information content (AvgIpc) is 3.40. The molecule has 199 valence electrons. The van der Waals surface area contributed by atoms with E-state index in [-0.39, 0.29) is 26.8 Å². The zero-order chi connectivity index (χ0) is 26.7. The summed E-state index contributed by atoms with van der Waals surface area (Å²) in [5, 5.41) is 7.93. The Morgan fingerprint density at radius 2 is 1.08 bits per heavy atom. The number of nitrogens with zero attached hydrogens (tertiary/aromatic N) is 2. The molecule has 0 saturated carbocycles. The summed E-state index contributed by atoms with van der Waals surface area (Å²) < 4.78 is 82.7. The standard InChI is InChI=1S/2C11H8F3NO2S.Co/c2*1-17-6-3-2-4-7-10(6)15-9(18-7)5-8(16)11(12,13)14;/h2*2-5H,1H3,(H,15,16);/q;;+2/p-2. The number of methoxy groups -OCH3 is 2. The molecule has 0 fully saturated rings. The van der Waals surface area contributed by atoms with Gasteiger partial charge in [-0.15, -0.1) is 23.5 Å². The zero-order valence-corrected chi connectivity index (χ0v) is 21.2. The second kappa shape index (κ2) is 12.2. The van der Waals surface area contributed by atoms with Crippen molar-refractivity contribution in [2.75, 3.05) is 14.2 Å². The Kier molecular flexibility index (Phi) is 10.0. The number of alkyl halides is 6. The fourth-order valence-corrected chi connectivity index (χ4v) is 4.56. The summed E-state index contributed by atoms with van der Waals surface area (Å²) in [5.41, 5.74) is 0.900. The number of halogens is 6. The molecule has 0 saturated heterocycles. The van der Waals surface area contributed by atoms with E-state index >= 15 is 0 Å². The normalized spacial score (nSPS) is 15.9. The van der Waals surface area contributed by atoms with Crippen LogP contribution in [0.2, 0.25) is 0 Å². The number of hydrogen-bond donors (Lipinski definition) is 0. The Balaban J connectivity index is 0.000000253. The van der Waals surface area contributed by atoms with Crippen LogP contribution in [0.25, 0.3) is 10.6 Å². The van der Waals surface area contributed by atoms with Gasteiger partial charge in [-0.1, -0.05) is 33.6 Å². The molecule has 0 bridgehead atoms. The summed E-state index contributed by atoms with van der Waals surface area (Å²) in [6, 6.07) is 10.1. The summed E-state index contributed by atoms with van der Waals surface area (Å²) in [4.78, 5) is 23.0. The van der Waals surface area contributed by atoms with Gasteiger partial charge in [0.05, 0.1) is 14.2 Å². The van der Waals surface area contributed by atoms with Crippen molar-refractivity contribution in [1.82, 2.24) is 0 Å². The second-order valence-corrected chi connectivity index (χ2v) is 8.86. The first-order valence-corrected chi connectivity index (χ1v) is 11.3. The van der Waals surface area contributed by atoms with E-state index < -0.39 is 23.9 Å². The molecule has 37 heavy (non-hydrogen) atoms. The third kappa shape index (κ3) is 7.62. The molecule has 0 amide bonds. The van der Waals surface area contributed by atoms with E-state index in [0.717, 1.165) is 23.5 Å². The molecule has 2 heterocycles. The van der Waals surface area contributed by atoms with Crippen LogP contribution in [0, 0.1) is 0 Å². The number of rotatable bonds is 4. The van der Waals surface area contributed by atoms with E-state index in [1.54, 1.807) is 36.4 Å². The van der Waals surface area contributed by atoms with Crippen molar-refractivity contribution in [2.45, 2.75) is 22.1 Å². The number of fused-ring (bicyclic) bond motifs is 2. The van der Waals surface area contributed by atoms with E-state index in [1.807, 2.05) is 0 Å². The predicted molar refractivity (Wildman–Crippen MR) is 122 cm³/mol. The van der Waals surface area contributed by atoms with Gasteiger partial charge in [-0.05, 0) is 46.2 Å². The van der Waals surface area contributed by atoms with Crippen molar-refractivity contribution >= 4 is 46.5 Å². The molecule has 0 spiro atoms. The third-order valence-corrected chi connectivity index (χ3v) is 6.24. The molecular formula is C22H14CoF6N2O4S2. The molecule has 2 aromatic carbocycles. The van der Waals surface area contributed by atoms with E-state index in [1.165, 1.54) is 14.2 Å². The molecule has 2 aliphatic rings. The summed E-state index contributed by atoms with van der Waals surface area (Å²) in [6.07, 6.45) is -8.77. The van der Waals surface area contributed by atoms with Crippen LogP contribution in [0.4, 0.5) is 37.7 Å². The Morgan fingerprint density at radius 1 is 0.730 bits per heavy atom. The average molecular weight is 607 g/mol. The van der Waals surface area contributed by atoms with Crippen molar-refractivity contribution in [3.8, 4) is 11.5 Å². The van der Waals surface area contributed by atoms with Crippen molar-refractivity contribution in [1.29, 1.82) is 0 Å². The van der Waals surface area contributed by atoms with Gasteiger partial charge in [-0.3, -0.25) is 9.59 Å². The first kappa shape index (κ1) is 30.5. The number of para-hydroxylation sites is 2. The molecular weight excluding hydrogens is 593 g/mol. The number of benzene rings is 2. The molecule has 2 aliphatic heterocycles. The van der Waals surface area contributed by atoms with Gasteiger partial charge in [0.15, 0.2) is 0 Å². The van der Waals surface area contributed by atoms with Crippen molar-refractivity contribution in [2.24, 2.45) is 0 Å². The van der Waals surface area contributed by atoms with Gasteiger partial charge in [0.25, 0.3) is 11.6 Å². The predicted octanol–water partition coefficient (Wildman–Crippen LogP) is 7.56. The number of carbonyl (C=O) groups is 2. The van der Waals surface area contributed by atoms with E-state index in [0.29, 0.717) is 44.8 Å². The SMILES string of the molecule is COc1cccc2c1[N-]/C(=C\C(=O)C(F)(F)F)S2.COc1cccc2c1[N-]/C(=C\C(=O)C(F)(F)F)S2.[Co+2]. The number of carbonyl (C=O) groups excluding carboxylic acids is 2. The van der Waals surface area contributed by atoms with Crippen LogP contribution in [0.5, 0.6) is 11.5 Å². The van der Waals surface area contributed by atoms with E-state index in [4.69, 9.17) is 9.47 Å². The summed E-state index contributed by atoms with van der Waals surface area (Å²) in [7, 11) is 2.89. The minimum absolute atomic E-state index is 0. The van der Waals surface area contributed by atoms with Gasteiger partial charge in [0.2, 0.25) is 0 Å². The van der Waals surface area contributed by atoms with Gasteiger partial charge >= 0.3 is 29.1 Å². The molecule has 4 rings (SSSR count). The van der Waals surface area contributed by atoms with Gasteiger partial charge in [0, 0.05) is 0 Å². The summed E-state index contributed by atoms with van der Waals surface area (Å²) in [5.74, 6) is -2.91. The Hall–Kier alpha value is -2.75. The molecule has 0 aliphatic carbocycles. The largest absolute Gasteiger partial charge is 2.00 e. The monoisotopic (exact) mass is 607 g/mol. The molecule has 0 N–H and O–H groups in total.